The molecule has 0 atom stereocenters. The summed E-state index contributed by atoms with van der Waals surface area (Å²) in [4.78, 5) is 14.9. The molecule has 4 N–H and O–H groups in total. The minimum atomic E-state index is -4.03. The predicted octanol–water partition coefficient (Wildman–Crippen LogP) is 1.83. The summed E-state index contributed by atoms with van der Waals surface area (Å²) in [7, 11) is -4.03. The number of anilines is 1. The Morgan fingerprint density at radius 1 is 1.36 bits per heavy atom. The second-order valence-electron chi connectivity index (χ2n) is 5.51. The minimum Gasteiger partial charge on any atom is -0.478 e. The lowest BCUT2D eigenvalue weighted by Gasteiger charge is -2.15. The number of aromatic nitrogens is 1. The molecule has 0 aliphatic heterocycles. The Hall–Kier alpha value is -2.65. The second kappa shape index (κ2) is 7.49. The van der Waals surface area contributed by atoms with Gasteiger partial charge in [-0.25, -0.2) is 18.2 Å². The van der Waals surface area contributed by atoms with Crippen molar-refractivity contribution in [1.29, 1.82) is 0 Å². The van der Waals surface area contributed by atoms with Crippen molar-refractivity contribution in [2.24, 2.45) is 5.73 Å². The molecule has 0 aliphatic rings. The predicted molar refractivity (Wildman–Crippen MR) is 92.1 cm³/mol. The van der Waals surface area contributed by atoms with Crippen LogP contribution in [0.4, 0.5) is 5.69 Å². The van der Waals surface area contributed by atoms with Gasteiger partial charge in [0.25, 0.3) is 10.0 Å². The number of nitrogens with zero attached hydrogens (tertiary/aromatic N) is 1. The average molecular weight is 365 g/mol. The standard InChI is InChI=1S/C16H19N3O5S/c1-10(2)24-15-14(6-11(8-17)9-18-15)19-25(22,23)13-5-3-4-12(7-13)16(20)21/h3-7,9-10,19H,8,17H2,1-2H3,(H,20,21). The summed E-state index contributed by atoms with van der Waals surface area (Å²) in [5.41, 5.74) is 6.20. The van der Waals surface area contributed by atoms with Crippen LogP contribution in [0.2, 0.25) is 0 Å². The highest BCUT2D eigenvalue weighted by Crippen LogP contribution is 2.27. The summed E-state index contributed by atoms with van der Waals surface area (Å²) in [6, 6.07) is 6.58. The number of ether oxygens (including phenoxy) is 1. The highest BCUT2D eigenvalue weighted by Gasteiger charge is 2.19. The van der Waals surface area contributed by atoms with Gasteiger partial charge in [-0.1, -0.05) is 6.07 Å². The molecule has 0 saturated heterocycles. The third kappa shape index (κ3) is 4.68. The van der Waals surface area contributed by atoms with Gasteiger partial charge in [0.1, 0.15) is 5.69 Å². The fourth-order valence-electron chi connectivity index (χ4n) is 2.00. The van der Waals surface area contributed by atoms with Crippen LogP contribution in [0.15, 0.2) is 41.4 Å². The molecule has 25 heavy (non-hydrogen) atoms. The zero-order valence-electron chi connectivity index (χ0n) is 13.8. The van der Waals surface area contributed by atoms with Crippen LogP contribution >= 0.6 is 0 Å². The first kappa shape index (κ1) is 18.7. The molecule has 1 aromatic carbocycles. The van der Waals surface area contributed by atoms with Gasteiger partial charge in [0.2, 0.25) is 5.88 Å². The number of hydrogen-bond donors (Lipinski definition) is 3. The summed E-state index contributed by atoms with van der Waals surface area (Å²) >= 11 is 0. The van der Waals surface area contributed by atoms with Crippen molar-refractivity contribution in [3.8, 4) is 5.88 Å². The topological polar surface area (TPSA) is 132 Å². The Labute approximate surface area is 145 Å². The number of benzene rings is 1. The van der Waals surface area contributed by atoms with Gasteiger partial charge in [0.15, 0.2) is 0 Å². The monoisotopic (exact) mass is 365 g/mol. The maximum Gasteiger partial charge on any atom is 0.335 e. The molecule has 1 heterocycles. The quantitative estimate of drug-likeness (QED) is 0.682. The summed E-state index contributed by atoms with van der Waals surface area (Å²) in [5.74, 6) is -1.10. The van der Waals surface area contributed by atoms with Gasteiger partial charge < -0.3 is 15.6 Å². The molecule has 0 radical (unpaired) electrons. The highest BCUT2D eigenvalue weighted by molar-refractivity contribution is 7.92. The molecule has 0 unspecified atom stereocenters. The first-order valence-corrected chi connectivity index (χ1v) is 8.93. The molecular formula is C16H19N3O5S. The number of rotatable bonds is 7. The number of nitrogens with two attached hydrogens (primary N) is 1. The van der Waals surface area contributed by atoms with Crippen molar-refractivity contribution in [3.63, 3.8) is 0 Å². The van der Waals surface area contributed by atoms with Gasteiger partial charge >= 0.3 is 5.97 Å². The molecule has 1 aromatic heterocycles. The molecule has 134 valence electrons. The van der Waals surface area contributed by atoms with Crippen LogP contribution < -0.4 is 15.2 Å². The Morgan fingerprint density at radius 3 is 2.68 bits per heavy atom. The van der Waals surface area contributed by atoms with Crippen molar-refractivity contribution < 1.29 is 23.1 Å². The maximum absolute atomic E-state index is 12.6. The molecule has 0 amide bonds. The number of pyridine rings is 1. The number of nitrogens with one attached hydrogen (secondary N) is 1. The Balaban J connectivity index is 2.43. The van der Waals surface area contributed by atoms with Crippen molar-refractivity contribution >= 4 is 21.7 Å². The van der Waals surface area contributed by atoms with E-state index in [1.807, 2.05) is 0 Å². The number of hydrogen-bond acceptors (Lipinski definition) is 6. The van der Waals surface area contributed by atoms with E-state index in [9.17, 15) is 13.2 Å². The maximum atomic E-state index is 12.6. The Morgan fingerprint density at radius 2 is 2.08 bits per heavy atom. The number of carboxylic acid groups (broad SMARTS) is 1. The Kier molecular flexibility index (Phi) is 5.60. The largest absolute Gasteiger partial charge is 0.478 e. The zero-order chi connectivity index (χ0) is 18.6. The molecule has 0 aliphatic carbocycles. The van der Waals surface area contributed by atoms with Crippen LogP contribution in [-0.2, 0) is 16.6 Å². The molecule has 2 rings (SSSR count). The fourth-order valence-corrected chi connectivity index (χ4v) is 3.09. The fraction of sp³-hybridized carbons (Fsp3) is 0.250. The van der Waals surface area contributed by atoms with Crippen molar-refractivity contribution in [3.05, 3.63) is 47.7 Å². The summed E-state index contributed by atoms with van der Waals surface area (Å²) in [6.07, 6.45) is 1.29. The SMILES string of the molecule is CC(C)Oc1ncc(CN)cc1NS(=O)(=O)c1cccc(C(=O)O)c1. The molecule has 0 fully saturated rings. The molecule has 9 heteroatoms. The van der Waals surface area contributed by atoms with Crippen LogP contribution in [0.5, 0.6) is 5.88 Å². The van der Waals surface area contributed by atoms with Gasteiger partial charge in [0.05, 0.1) is 16.6 Å². The first-order chi connectivity index (χ1) is 11.7. The lowest BCUT2D eigenvalue weighted by atomic mass is 10.2. The van der Waals surface area contributed by atoms with E-state index < -0.39 is 16.0 Å². The molecule has 8 nitrogen and oxygen atoms in total. The number of carboxylic acids is 1. The van der Waals surface area contributed by atoms with Crippen LogP contribution in [0.1, 0.15) is 29.8 Å². The van der Waals surface area contributed by atoms with Crippen molar-refractivity contribution in [2.45, 2.75) is 31.4 Å². The lowest BCUT2D eigenvalue weighted by molar-refractivity contribution is 0.0696. The normalized spacial score (nSPS) is 11.4. The minimum absolute atomic E-state index is 0.116. The van der Waals surface area contributed by atoms with E-state index in [0.717, 1.165) is 6.07 Å². The van der Waals surface area contributed by atoms with Crippen LogP contribution in [0.25, 0.3) is 0 Å². The smallest absolute Gasteiger partial charge is 0.335 e. The molecular weight excluding hydrogens is 346 g/mol. The second-order valence-corrected chi connectivity index (χ2v) is 7.19. The van der Waals surface area contributed by atoms with E-state index in [0.29, 0.717) is 5.56 Å². The number of sulfonamides is 1. The van der Waals surface area contributed by atoms with E-state index in [2.05, 4.69) is 9.71 Å². The van der Waals surface area contributed by atoms with Crippen LogP contribution in [-0.4, -0.2) is 30.6 Å². The number of aromatic carboxylic acids is 1. The van der Waals surface area contributed by atoms with Gasteiger partial charge in [-0.3, -0.25) is 4.72 Å². The first-order valence-electron chi connectivity index (χ1n) is 7.44. The third-order valence-corrected chi connectivity index (χ3v) is 4.49. The van der Waals surface area contributed by atoms with Crippen molar-refractivity contribution in [2.75, 3.05) is 4.72 Å². The highest BCUT2D eigenvalue weighted by atomic mass is 32.2. The van der Waals surface area contributed by atoms with Gasteiger partial charge in [-0.2, -0.15) is 0 Å². The third-order valence-electron chi connectivity index (χ3n) is 3.13. The van der Waals surface area contributed by atoms with Crippen LogP contribution in [0, 0.1) is 0 Å². The van der Waals surface area contributed by atoms with Crippen LogP contribution in [0.3, 0.4) is 0 Å². The molecule has 2 aromatic rings. The summed E-state index contributed by atoms with van der Waals surface area (Å²) < 4.78 is 33.1. The summed E-state index contributed by atoms with van der Waals surface area (Å²) in [5, 5.41) is 9.02. The van der Waals surface area contributed by atoms with Gasteiger partial charge in [-0.15, -0.1) is 0 Å². The molecule has 0 saturated carbocycles. The van der Waals surface area contributed by atoms with E-state index in [1.54, 1.807) is 13.8 Å². The van der Waals surface area contributed by atoms with E-state index in [-0.39, 0.29) is 34.7 Å². The van der Waals surface area contributed by atoms with Gasteiger partial charge in [-0.05, 0) is 43.7 Å². The Bertz CT molecular complexity index is 881. The van der Waals surface area contributed by atoms with Gasteiger partial charge in [0, 0.05) is 12.7 Å². The van der Waals surface area contributed by atoms with E-state index in [1.165, 1.54) is 30.5 Å². The molecule has 0 bridgehead atoms. The van der Waals surface area contributed by atoms with E-state index in [4.69, 9.17) is 15.6 Å². The van der Waals surface area contributed by atoms with Crippen molar-refractivity contribution in [1.82, 2.24) is 4.98 Å². The summed E-state index contributed by atoms with van der Waals surface area (Å²) in [6.45, 7) is 3.75. The zero-order valence-corrected chi connectivity index (χ0v) is 14.6. The van der Waals surface area contributed by atoms with E-state index >= 15 is 0 Å². The average Bonchev–Trinajstić information content (AvgIpc) is 2.56. The molecule has 0 spiro atoms. The number of carbonyl (C=O) groups is 1. The lowest BCUT2D eigenvalue weighted by Crippen LogP contribution is -2.17.